The van der Waals surface area contributed by atoms with E-state index in [-0.39, 0.29) is 17.5 Å². The van der Waals surface area contributed by atoms with Gasteiger partial charge in [0.1, 0.15) is 0 Å². The van der Waals surface area contributed by atoms with Crippen molar-refractivity contribution in [1.29, 1.82) is 0 Å². The Bertz CT molecular complexity index is 1080. The summed E-state index contributed by atoms with van der Waals surface area (Å²) >= 11 is 0. The average Bonchev–Trinajstić information content (AvgIpc) is 3.24. The van der Waals surface area contributed by atoms with Crippen molar-refractivity contribution in [2.45, 2.75) is 12.8 Å². The lowest BCUT2D eigenvalue weighted by Crippen LogP contribution is -2.23. The predicted octanol–water partition coefficient (Wildman–Crippen LogP) is 1.14. The van der Waals surface area contributed by atoms with E-state index in [9.17, 15) is 14.4 Å². The van der Waals surface area contributed by atoms with E-state index in [1.165, 1.54) is 12.2 Å². The summed E-state index contributed by atoms with van der Waals surface area (Å²) in [5, 5.41) is 6.01. The molecule has 2 N–H and O–H groups in total. The Morgan fingerprint density at radius 2 is 1.77 bits per heavy atom. The molecule has 0 atom stereocenters. The highest BCUT2D eigenvalue weighted by molar-refractivity contribution is 6.29. The minimum absolute atomic E-state index is 0.0725. The van der Waals surface area contributed by atoms with Crippen molar-refractivity contribution in [3.05, 3.63) is 69.6 Å². The number of hydrogen-bond donors (Lipinski definition) is 2. The van der Waals surface area contributed by atoms with Crippen LogP contribution in [0.1, 0.15) is 12.8 Å². The second-order valence-corrected chi connectivity index (χ2v) is 7.79. The lowest BCUT2D eigenvalue weighted by molar-refractivity contribution is -0.116. The van der Waals surface area contributed by atoms with Gasteiger partial charge in [0.25, 0.3) is 5.91 Å². The van der Waals surface area contributed by atoms with Gasteiger partial charge in [0.05, 0.1) is 28.3 Å². The normalized spacial score (nSPS) is 20.3. The van der Waals surface area contributed by atoms with Crippen molar-refractivity contribution < 1.29 is 14.4 Å². The molecule has 0 aromatic rings. The van der Waals surface area contributed by atoms with E-state index in [1.54, 1.807) is 12.2 Å². The quantitative estimate of drug-likeness (QED) is 0.664. The van der Waals surface area contributed by atoms with E-state index in [0.717, 1.165) is 5.57 Å². The lowest BCUT2D eigenvalue weighted by atomic mass is 9.87. The van der Waals surface area contributed by atoms with Crippen LogP contribution in [0.5, 0.6) is 0 Å². The number of amides is 1. The molecule has 0 saturated heterocycles. The number of carbonyl (C=O) groups is 3. The zero-order chi connectivity index (χ0) is 21.4. The minimum atomic E-state index is -0.242. The molecule has 0 aromatic heterocycles. The molecule has 1 amide bonds. The van der Waals surface area contributed by atoms with Gasteiger partial charge >= 0.3 is 0 Å². The van der Waals surface area contributed by atoms with E-state index in [2.05, 4.69) is 10.6 Å². The summed E-state index contributed by atoms with van der Waals surface area (Å²) in [6.07, 6.45) is 9.34. The molecule has 154 valence electrons. The summed E-state index contributed by atoms with van der Waals surface area (Å²) in [6, 6.07) is 0. The van der Waals surface area contributed by atoms with Gasteiger partial charge in [0, 0.05) is 17.7 Å². The zero-order valence-corrected chi connectivity index (χ0v) is 17.3. The maximum Gasteiger partial charge on any atom is 0.252 e. The number of nitrogens with zero attached hydrogens (tertiary/aromatic N) is 2. The molecule has 0 bridgehead atoms. The SMILES string of the molecule is CNCCC1=C2C(=O)C=CC=C2N=C1C1=C2NC(=O)C(CCN(C)C)=C2C(=O)C=C1. The fourth-order valence-corrected chi connectivity index (χ4v) is 4.03. The highest BCUT2D eigenvalue weighted by Gasteiger charge is 2.38. The van der Waals surface area contributed by atoms with Crippen LogP contribution in [-0.2, 0) is 14.4 Å². The van der Waals surface area contributed by atoms with Gasteiger partial charge in [0.15, 0.2) is 11.6 Å². The van der Waals surface area contributed by atoms with Crippen molar-refractivity contribution in [2.75, 3.05) is 34.2 Å². The van der Waals surface area contributed by atoms with Crippen molar-refractivity contribution in [2.24, 2.45) is 4.99 Å². The van der Waals surface area contributed by atoms with Gasteiger partial charge in [-0.25, -0.2) is 4.99 Å². The monoisotopic (exact) mass is 404 g/mol. The Kier molecular flexibility index (Phi) is 5.32. The maximum atomic E-state index is 12.7. The summed E-state index contributed by atoms with van der Waals surface area (Å²) in [4.78, 5) is 44.6. The number of carbonyl (C=O) groups excluding carboxylic acids is 3. The molecule has 0 aromatic carbocycles. The zero-order valence-electron chi connectivity index (χ0n) is 17.3. The smallest absolute Gasteiger partial charge is 0.252 e. The summed E-state index contributed by atoms with van der Waals surface area (Å²) in [5.41, 5.74) is 4.82. The van der Waals surface area contributed by atoms with Gasteiger partial charge in [-0.15, -0.1) is 0 Å². The number of ketones is 2. The molecular weight excluding hydrogens is 380 g/mol. The Morgan fingerprint density at radius 3 is 2.50 bits per heavy atom. The van der Waals surface area contributed by atoms with E-state index in [4.69, 9.17) is 4.99 Å². The first-order valence-corrected chi connectivity index (χ1v) is 9.99. The molecule has 7 nitrogen and oxygen atoms in total. The van der Waals surface area contributed by atoms with Crippen LogP contribution >= 0.6 is 0 Å². The molecule has 2 aliphatic carbocycles. The molecule has 0 spiro atoms. The number of fused-ring (bicyclic) bond motifs is 2. The van der Waals surface area contributed by atoms with Crippen molar-refractivity contribution >= 4 is 23.2 Å². The Labute approximate surface area is 175 Å². The van der Waals surface area contributed by atoms with E-state index in [0.29, 0.717) is 65.3 Å². The fraction of sp³-hybridized carbons (Fsp3) is 0.304. The Morgan fingerprint density at radius 1 is 1.00 bits per heavy atom. The third-order valence-electron chi connectivity index (χ3n) is 5.49. The summed E-state index contributed by atoms with van der Waals surface area (Å²) < 4.78 is 0. The largest absolute Gasteiger partial charge is 0.321 e. The Balaban J connectivity index is 1.83. The van der Waals surface area contributed by atoms with Crippen molar-refractivity contribution in [1.82, 2.24) is 15.5 Å². The van der Waals surface area contributed by atoms with E-state index < -0.39 is 0 Å². The van der Waals surface area contributed by atoms with E-state index in [1.807, 2.05) is 32.1 Å². The van der Waals surface area contributed by atoms with Gasteiger partial charge in [-0.1, -0.05) is 6.08 Å². The number of allylic oxidation sites excluding steroid dienone is 8. The number of rotatable bonds is 7. The summed E-state index contributed by atoms with van der Waals surface area (Å²) in [6.45, 7) is 1.34. The molecule has 4 aliphatic rings. The van der Waals surface area contributed by atoms with Crippen molar-refractivity contribution in [3.8, 4) is 0 Å². The topological polar surface area (TPSA) is 90.9 Å². The molecule has 4 rings (SSSR count). The van der Waals surface area contributed by atoms with Crippen LogP contribution in [0.25, 0.3) is 0 Å². The first kappa shape index (κ1) is 20.1. The minimum Gasteiger partial charge on any atom is -0.321 e. The number of hydrogen-bond acceptors (Lipinski definition) is 6. The third kappa shape index (κ3) is 3.36. The molecule has 30 heavy (non-hydrogen) atoms. The van der Waals surface area contributed by atoms with Crippen LogP contribution in [0.4, 0.5) is 0 Å². The molecule has 2 heterocycles. The van der Waals surface area contributed by atoms with Gasteiger partial charge in [-0.3, -0.25) is 14.4 Å². The standard InChI is InChI=1S/C23H24N4O3/c1-24-11-9-13-19-16(5-4-6-17(19)28)25-21(13)15-7-8-18(29)20-14(10-12-27(2)3)23(30)26-22(15)20/h4-8,24H,9-12H2,1-3H3,(H,26,30). The summed E-state index contributed by atoms with van der Waals surface area (Å²) in [7, 11) is 5.71. The van der Waals surface area contributed by atoms with Crippen LogP contribution in [-0.4, -0.2) is 62.3 Å². The van der Waals surface area contributed by atoms with Gasteiger partial charge in [-0.2, -0.15) is 0 Å². The highest BCUT2D eigenvalue weighted by Crippen LogP contribution is 2.38. The first-order chi connectivity index (χ1) is 14.4. The number of aliphatic imine (C=N–C) groups is 1. The molecule has 2 aliphatic heterocycles. The Hall–Kier alpha value is -3.16. The lowest BCUT2D eigenvalue weighted by Gasteiger charge is -2.17. The van der Waals surface area contributed by atoms with Crippen LogP contribution in [0.3, 0.4) is 0 Å². The van der Waals surface area contributed by atoms with Gasteiger partial charge in [-0.05, 0) is 70.4 Å². The van der Waals surface area contributed by atoms with Gasteiger partial charge in [0.2, 0.25) is 0 Å². The molecule has 0 radical (unpaired) electrons. The van der Waals surface area contributed by atoms with Crippen LogP contribution in [0.2, 0.25) is 0 Å². The van der Waals surface area contributed by atoms with Crippen LogP contribution in [0, 0.1) is 0 Å². The fourth-order valence-electron chi connectivity index (χ4n) is 4.03. The second-order valence-electron chi connectivity index (χ2n) is 7.79. The highest BCUT2D eigenvalue weighted by atomic mass is 16.2. The molecule has 7 heteroatoms. The van der Waals surface area contributed by atoms with E-state index >= 15 is 0 Å². The molecule has 0 fully saturated rings. The van der Waals surface area contributed by atoms with Crippen LogP contribution < -0.4 is 10.6 Å². The molecular formula is C23H24N4O3. The molecule has 0 unspecified atom stereocenters. The van der Waals surface area contributed by atoms with Crippen LogP contribution in [0.15, 0.2) is 74.6 Å². The average molecular weight is 404 g/mol. The third-order valence-corrected chi connectivity index (χ3v) is 5.49. The number of nitrogens with one attached hydrogen (secondary N) is 2. The van der Waals surface area contributed by atoms with Gasteiger partial charge < -0.3 is 15.5 Å². The van der Waals surface area contributed by atoms with Crippen molar-refractivity contribution in [3.63, 3.8) is 0 Å². The summed E-state index contributed by atoms with van der Waals surface area (Å²) in [5.74, 6) is -0.497. The maximum absolute atomic E-state index is 12.7. The molecule has 0 saturated carbocycles. The predicted molar refractivity (Wildman–Crippen MR) is 115 cm³/mol. The first-order valence-electron chi connectivity index (χ1n) is 9.99. The second kappa shape index (κ2) is 7.93.